The van der Waals surface area contributed by atoms with Crippen LogP contribution in [0.3, 0.4) is 0 Å². The van der Waals surface area contributed by atoms with Crippen LogP contribution in [0.1, 0.15) is 47.6 Å². The highest BCUT2D eigenvalue weighted by molar-refractivity contribution is 5.58. The molecule has 0 amide bonds. The Balaban J connectivity index is 2.30. The van der Waals surface area contributed by atoms with Crippen molar-refractivity contribution in [3.05, 3.63) is 76.3 Å². The van der Waals surface area contributed by atoms with Gasteiger partial charge in [-0.3, -0.25) is 0 Å². The molecule has 5 heteroatoms. The minimum atomic E-state index is -0.558. The first-order valence-electron chi connectivity index (χ1n) is 9.24. The third-order valence-electron chi connectivity index (χ3n) is 5.07. The van der Waals surface area contributed by atoms with Gasteiger partial charge in [0.25, 0.3) is 0 Å². The number of benzene rings is 3. The second-order valence-corrected chi connectivity index (χ2v) is 6.81. The predicted molar refractivity (Wildman–Crippen MR) is 107 cm³/mol. The van der Waals surface area contributed by atoms with Crippen LogP contribution in [0.15, 0.2) is 48.5 Å². The maximum Gasteiger partial charge on any atom is 0.123 e. The maximum atomic E-state index is 10.6. The Morgan fingerprint density at radius 3 is 1.43 bits per heavy atom. The highest BCUT2D eigenvalue weighted by Crippen LogP contribution is 2.44. The fourth-order valence-electron chi connectivity index (χ4n) is 3.50. The third-order valence-corrected chi connectivity index (χ3v) is 5.07. The highest BCUT2D eigenvalue weighted by Gasteiger charge is 2.25. The van der Waals surface area contributed by atoms with Crippen molar-refractivity contribution in [2.75, 3.05) is 0 Å². The van der Waals surface area contributed by atoms with Crippen LogP contribution >= 0.6 is 0 Å². The van der Waals surface area contributed by atoms with Gasteiger partial charge in [0.15, 0.2) is 0 Å². The summed E-state index contributed by atoms with van der Waals surface area (Å²) in [6.07, 6.45) is 1.15. The molecule has 3 aromatic rings. The van der Waals surface area contributed by atoms with Gasteiger partial charge in [-0.05, 0) is 53.8 Å². The molecule has 0 unspecified atom stereocenters. The standard InChI is InChI=1S/C23H24O5/c1-3-13-9-17(21(27)11-19(13)25)23(15-5-7-16(24)8-6-15)18-10-14(4-2)20(26)12-22(18)28/h5-12,23-28H,3-4H2,1-2H3. The molecule has 0 saturated carbocycles. The van der Waals surface area contributed by atoms with Crippen LogP contribution in [0, 0.1) is 0 Å². The van der Waals surface area contributed by atoms with Crippen LogP contribution in [0.5, 0.6) is 28.7 Å². The van der Waals surface area contributed by atoms with E-state index in [0.29, 0.717) is 35.1 Å². The van der Waals surface area contributed by atoms with E-state index in [9.17, 15) is 25.5 Å². The van der Waals surface area contributed by atoms with Crippen molar-refractivity contribution in [1.82, 2.24) is 0 Å². The smallest absolute Gasteiger partial charge is 0.123 e. The van der Waals surface area contributed by atoms with E-state index in [2.05, 4.69) is 0 Å². The molecular formula is C23H24O5. The van der Waals surface area contributed by atoms with Gasteiger partial charge in [-0.15, -0.1) is 0 Å². The Morgan fingerprint density at radius 2 is 1.04 bits per heavy atom. The summed E-state index contributed by atoms with van der Waals surface area (Å²) in [5, 5.41) is 51.0. The lowest BCUT2D eigenvalue weighted by Crippen LogP contribution is -2.06. The van der Waals surface area contributed by atoms with Crippen molar-refractivity contribution in [3.63, 3.8) is 0 Å². The molecule has 0 radical (unpaired) electrons. The summed E-state index contributed by atoms with van der Waals surface area (Å²) in [6.45, 7) is 3.80. The van der Waals surface area contributed by atoms with Gasteiger partial charge in [0.1, 0.15) is 28.7 Å². The van der Waals surface area contributed by atoms with Crippen molar-refractivity contribution < 1.29 is 25.5 Å². The van der Waals surface area contributed by atoms with Crippen LogP contribution in [0.4, 0.5) is 0 Å². The molecule has 0 saturated heterocycles. The monoisotopic (exact) mass is 380 g/mol. The summed E-state index contributed by atoms with van der Waals surface area (Å²) in [4.78, 5) is 0. The van der Waals surface area contributed by atoms with E-state index in [4.69, 9.17) is 0 Å². The van der Waals surface area contributed by atoms with Gasteiger partial charge >= 0.3 is 0 Å². The molecule has 0 aliphatic heterocycles. The first-order valence-corrected chi connectivity index (χ1v) is 9.24. The maximum absolute atomic E-state index is 10.6. The average molecular weight is 380 g/mol. The summed E-state index contributed by atoms with van der Waals surface area (Å²) in [5.41, 5.74) is 3.12. The molecule has 0 heterocycles. The molecule has 0 bridgehead atoms. The summed E-state index contributed by atoms with van der Waals surface area (Å²) in [7, 11) is 0. The molecule has 0 aliphatic carbocycles. The van der Waals surface area contributed by atoms with Crippen LogP contribution in [-0.4, -0.2) is 25.5 Å². The number of aryl methyl sites for hydroxylation is 2. The van der Waals surface area contributed by atoms with E-state index in [-0.39, 0.29) is 28.7 Å². The molecule has 0 aliphatic rings. The van der Waals surface area contributed by atoms with E-state index < -0.39 is 5.92 Å². The summed E-state index contributed by atoms with van der Waals surface area (Å²) in [6, 6.07) is 12.6. The number of hydrogen-bond acceptors (Lipinski definition) is 5. The van der Waals surface area contributed by atoms with E-state index in [1.165, 1.54) is 12.1 Å². The molecule has 0 fully saturated rings. The van der Waals surface area contributed by atoms with Gasteiger partial charge < -0.3 is 25.5 Å². The predicted octanol–water partition coefficient (Wildman–Crippen LogP) is 4.52. The summed E-state index contributed by atoms with van der Waals surface area (Å²) in [5.74, 6) is -0.625. The second kappa shape index (κ2) is 7.72. The van der Waals surface area contributed by atoms with Crippen LogP contribution < -0.4 is 0 Å². The van der Waals surface area contributed by atoms with Gasteiger partial charge in [-0.25, -0.2) is 0 Å². The number of hydrogen-bond donors (Lipinski definition) is 5. The van der Waals surface area contributed by atoms with E-state index >= 15 is 0 Å². The summed E-state index contributed by atoms with van der Waals surface area (Å²) >= 11 is 0. The first kappa shape index (κ1) is 19.4. The largest absolute Gasteiger partial charge is 0.508 e. The minimum absolute atomic E-state index is 0.0115. The number of rotatable bonds is 5. The Morgan fingerprint density at radius 1 is 0.607 bits per heavy atom. The van der Waals surface area contributed by atoms with Gasteiger partial charge in [0.2, 0.25) is 0 Å². The normalized spacial score (nSPS) is 11.1. The van der Waals surface area contributed by atoms with Crippen LogP contribution in [0.2, 0.25) is 0 Å². The van der Waals surface area contributed by atoms with E-state index in [1.807, 2.05) is 13.8 Å². The lowest BCUT2D eigenvalue weighted by atomic mass is 9.82. The molecule has 5 N–H and O–H groups in total. The molecule has 5 nitrogen and oxygen atoms in total. The van der Waals surface area contributed by atoms with Gasteiger partial charge in [0, 0.05) is 29.2 Å². The van der Waals surface area contributed by atoms with E-state index in [0.717, 1.165) is 5.56 Å². The van der Waals surface area contributed by atoms with Crippen molar-refractivity contribution in [1.29, 1.82) is 0 Å². The van der Waals surface area contributed by atoms with Gasteiger partial charge in [-0.1, -0.05) is 26.0 Å². The van der Waals surface area contributed by atoms with Crippen molar-refractivity contribution in [2.24, 2.45) is 0 Å². The van der Waals surface area contributed by atoms with Gasteiger partial charge in [0.05, 0.1) is 0 Å². The molecule has 0 atom stereocenters. The quantitative estimate of drug-likeness (QED) is 0.419. The molecule has 3 aromatic carbocycles. The van der Waals surface area contributed by atoms with Crippen molar-refractivity contribution >= 4 is 0 Å². The van der Waals surface area contributed by atoms with Gasteiger partial charge in [-0.2, -0.15) is 0 Å². The lowest BCUT2D eigenvalue weighted by molar-refractivity contribution is 0.436. The SMILES string of the molecule is CCc1cc(C(c2ccc(O)cc2)c2cc(CC)c(O)cc2O)c(O)cc1O. The minimum Gasteiger partial charge on any atom is -0.508 e. The Labute approximate surface area is 163 Å². The zero-order valence-corrected chi connectivity index (χ0v) is 15.8. The van der Waals surface area contributed by atoms with E-state index in [1.54, 1.807) is 36.4 Å². The Bertz CT molecular complexity index is 933. The molecule has 3 rings (SSSR count). The van der Waals surface area contributed by atoms with Crippen molar-refractivity contribution in [2.45, 2.75) is 32.6 Å². The third kappa shape index (κ3) is 3.56. The second-order valence-electron chi connectivity index (χ2n) is 6.81. The zero-order valence-electron chi connectivity index (χ0n) is 15.8. The first-order chi connectivity index (χ1) is 13.3. The number of aromatic hydroxyl groups is 5. The fourth-order valence-corrected chi connectivity index (χ4v) is 3.50. The number of phenolic OH excluding ortho intramolecular Hbond substituents is 5. The lowest BCUT2D eigenvalue weighted by Gasteiger charge is -2.23. The molecule has 0 aromatic heterocycles. The molecule has 0 spiro atoms. The van der Waals surface area contributed by atoms with Crippen LogP contribution in [-0.2, 0) is 12.8 Å². The fraction of sp³-hybridized carbons (Fsp3) is 0.217. The molecular weight excluding hydrogens is 356 g/mol. The van der Waals surface area contributed by atoms with Crippen LogP contribution in [0.25, 0.3) is 0 Å². The Kier molecular flexibility index (Phi) is 5.36. The topological polar surface area (TPSA) is 101 Å². The zero-order chi connectivity index (χ0) is 20.4. The molecule has 28 heavy (non-hydrogen) atoms. The molecule has 146 valence electrons. The highest BCUT2D eigenvalue weighted by atomic mass is 16.3. The Hall–Kier alpha value is -3.34. The summed E-state index contributed by atoms with van der Waals surface area (Å²) < 4.78 is 0. The number of phenols is 5. The van der Waals surface area contributed by atoms with Crippen molar-refractivity contribution in [3.8, 4) is 28.7 Å². The average Bonchev–Trinajstić information content (AvgIpc) is 2.66.